The van der Waals surface area contributed by atoms with Gasteiger partial charge in [-0.3, -0.25) is 4.99 Å². The minimum absolute atomic E-state index is 0.248. The van der Waals surface area contributed by atoms with Crippen LogP contribution in [0.15, 0.2) is 41.5 Å². The Balaban J connectivity index is 1.79. The Kier molecular flexibility index (Phi) is 8.62. The number of halogens is 1. The molecular weight excluding hydrogens is 333 g/mol. The molecule has 0 saturated heterocycles. The molecule has 2 aromatic rings. The van der Waals surface area contributed by atoms with Crippen LogP contribution in [0.1, 0.15) is 26.0 Å². The molecule has 1 aromatic carbocycles. The molecule has 0 amide bonds. The Bertz CT molecular complexity index is 669. The van der Waals surface area contributed by atoms with Crippen LogP contribution in [0.5, 0.6) is 0 Å². The van der Waals surface area contributed by atoms with Crippen molar-refractivity contribution in [2.75, 3.05) is 32.8 Å². The van der Waals surface area contributed by atoms with Crippen molar-refractivity contribution in [1.82, 2.24) is 20.4 Å². The van der Waals surface area contributed by atoms with E-state index in [2.05, 4.69) is 20.7 Å². The largest absolute Gasteiger partial charge is 0.382 e. The second kappa shape index (κ2) is 11.3. The Labute approximate surface area is 154 Å². The normalized spacial score (nSPS) is 11.6. The van der Waals surface area contributed by atoms with Crippen molar-refractivity contribution in [2.24, 2.45) is 4.99 Å². The molecule has 0 fully saturated rings. The summed E-state index contributed by atoms with van der Waals surface area (Å²) in [7, 11) is 0. The molecular formula is C19H28FN5O. The molecule has 0 spiro atoms. The Morgan fingerprint density at radius 1 is 1.19 bits per heavy atom. The highest BCUT2D eigenvalue weighted by Gasteiger charge is 2.03. The molecule has 26 heavy (non-hydrogen) atoms. The maximum absolute atomic E-state index is 13.0. The van der Waals surface area contributed by atoms with Crippen molar-refractivity contribution in [2.45, 2.75) is 26.7 Å². The summed E-state index contributed by atoms with van der Waals surface area (Å²) >= 11 is 0. The molecule has 0 radical (unpaired) electrons. The molecule has 2 N–H and O–H groups in total. The van der Waals surface area contributed by atoms with Gasteiger partial charge in [0.25, 0.3) is 0 Å². The molecule has 0 aliphatic carbocycles. The summed E-state index contributed by atoms with van der Waals surface area (Å²) in [4.78, 5) is 4.53. The van der Waals surface area contributed by atoms with Crippen LogP contribution in [0.25, 0.3) is 5.69 Å². The standard InChI is InChI=1S/C19H28FN5O/c1-3-21-19(22-12-5-15-26-4-2)23-13-10-17-11-14-25(24-17)18-8-6-16(20)7-9-18/h6-9,11,14H,3-5,10,12-13,15H2,1-2H3,(H2,21,22,23). The first-order valence-corrected chi connectivity index (χ1v) is 9.13. The van der Waals surface area contributed by atoms with Crippen molar-refractivity contribution in [1.29, 1.82) is 0 Å². The van der Waals surface area contributed by atoms with Crippen LogP contribution >= 0.6 is 0 Å². The quantitative estimate of drug-likeness (QED) is 0.388. The van der Waals surface area contributed by atoms with E-state index in [-0.39, 0.29) is 5.82 Å². The van der Waals surface area contributed by atoms with Crippen molar-refractivity contribution in [3.05, 3.63) is 48.0 Å². The highest BCUT2D eigenvalue weighted by Crippen LogP contribution is 2.09. The van der Waals surface area contributed by atoms with Crippen LogP contribution in [0.3, 0.4) is 0 Å². The lowest BCUT2D eigenvalue weighted by molar-refractivity contribution is 0.146. The summed E-state index contributed by atoms with van der Waals surface area (Å²) in [5.41, 5.74) is 1.81. The van der Waals surface area contributed by atoms with Crippen LogP contribution in [-0.4, -0.2) is 48.6 Å². The fourth-order valence-corrected chi connectivity index (χ4v) is 2.39. The fraction of sp³-hybridized carbons (Fsp3) is 0.474. The van der Waals surface area contributed by atoms with Gasteiger partial charge >= 0.3 is 0 Å². The highest BCUT2D eigenvalue weighted by atomic mass is 19.1. The molecule has 142 valence electrons. The number of ether oxygens (including phenoxy) is 1. The summed E-state index contributed by atoms with van der Waals surface area (Å²) < 4.78 is 20.1. The number of guanidine groups is 1. The molecule has 0 aliphatic rings. The van der Waals surface area contributed by atoms with Crippen LogP contribution in [-0.2, 0) is 11.2 Å². The van der Waals surface area contributed by atoms with E-state index in [9.17, 15) is 4.39 Å². The topological polar surface area (TPSA) is 63.5 Å². The second-order valence-electron chi connectivity index (χ2n) is 5.72. The van der Waals surface area contributed by atoms with E-state index in [1.807, 2.05) is 26.1 Å². The Morgan fingerprint density at radius 3 is 2.73 bits per heavy atom. The SMILES string of the molecule is CCNC(=NCCCOCC)NCCc1ccn(-c2ccc(F)cc2)n1. The molecule has 0 atom stereocenters. The van der Waals surface area contributed by atoms with Crippen LogP contribution < -0.4 is 10.6 Å². The molecule has 6 nitrogen and oxygen atoms in total. The first-order valence-electron chi connectivity index (χ1n) is 9.13. The van der Waals surface area contributed by atoms with Gasteiger partial charge in [0.15, 0.2) is 5.96 Å². The maximum Gasteiger partial charge on any atom is 0.191 e. The number of nitrogens with zero attached hydrogens (tertiary/aromatic N) is 3. The Morgan fingerprint density at radius 2 is 2.00 bits per heavy atom. The fourth-order valence-electron chi connectivity index (χ4n) is 2.39. The van der Waals surface area contributed by atoms with E-state index in [0.717, 1.165) is 63.0 Å². The van der Waals surface area contributed by atoms with Crippen LogP contribution in [0, 0.1) is 5.82 Å². The van der Waals surface area contributed by atoms with E-state index in [0.29, 0.717) is 0 Å². The Hall–Kier alpha value is -2.41. The number of rotatable bonds is 10. The number of benzene rings is 1. The van der Waals surface area contributed by atoms with Crippen molar-refractivity contribution in [3.63, 3.8) is 0 Å². The van der Waals surface area contributed by atoms with Gasteiger partial charge in [0.1, 0.15) is 5.82 Å². The van der Waals surface area contributed by atoms with Gasteiger partial charge in [0, 0.05) is 45.5 Å². The van der Waals surface area contributed by atoms with Gasteiger partial charge in [-0.05, 0) is 50.6 Å². The highest BCUT2D eigenvalue weighted by molar-refractivity contribution is 5.79. The van der Waals surface area contributed by atoms with Gasteiger partial charge in [-0.15, -0.1) is 0 Å². The number of hydrogen-bond acceptors (Lipinski definition) is 3. The average molecular weight is 361 g/mol. The summed E-state index contributed by atoms with van der Waals surface area (Å²) in [6.07, 6.45) is 3.57. The third-order valence-corrected chi connectivity index (χ3v) is 3.67. The molecule has 2 rings (SSSR count). The van der Waals surface area contributed by atoms with Crippen LogP contribution in [0.2, 0.25) is 0 Å². The monoisotopic (exact) mass is 361 g/mol. The minimum Gasteiger partial charge on any atom is -0.382 e. The van der Waals surface area contributed by atoms with Gasteiger partial charge in [-0.25, -0.2) is 9.07 Å². The van der Waals surface area contributed by atoms with Crippen LogP contribution in [0.4, 0.5) is 4.39 Å². The molecule has 0 aliphatic heterocycles. The summed E-state index contributed by atoms with van der Waals surface area (Å²) in [5.74, 6) is 0.559. The van der Waals surface area contributed by atoms with Crippen molar-refractivity contribution < 1.29 is 9.13 Å². The van der Waals surface area contributed by atoms with E-state index in [1.165, 1.54) is 12.1 Å². The summed E-state index contributed by atoms with van der Waals surface area (Å²) in [6, 6.07) is 8.26. The lowest BCUT2D eigenvalue weighted by Gasteiger charge is -2.10. The summed E-state index contributed by atoms with van der Waals surface area (Å²) in [5, 5.41) is 11.1. The zero-order valence-electron chi connectivity index (χ0n) is 15.5. The number of hydrogen-bond donors (Lipinski definition) is 2. The van der Waals surface area contributed by atoms with Gasteiger partial charge in [0.05, 0.1) is 11.4 Å². The zero-order valence-corrected chi connectivity index (χ0v) is 15.5. The van der Waals surface area contributed by atoms with E-state index in [1.54, 1.807) is 16.8 Å². The number of aliphatic imine (C=N–C) groups is 1. The van der Waals surface area contributed by atoms with Gasteiger partial charge in [-0.2, -0.15) is 5.10 Å². The lowest BCUT2D eigenvalue weighted by atomic mass is 10.3. The smallest absolute Gasteiger partial charge is 0.191 e. The third-order valence-electron chi connectivity index (χ3n) is 3.67. The number of nitrogens with one attached hydrogen (secondary N) is 2. The first-order chi connectivity index (χ1) is 12.7. The lowest BCUT2D eigenvalue weighted by Crippen LogP contribution is -2.38. The number of aromatic nitrogens is 2. The molecule has 1 heterocycles. The van der Waals surface area contributed by atoms with E-state index >= 15 is 0 Å². The third kappa shape index (κ3) is 6.84. The average Bonchev–Trinajstić information content (AvgIpc) is 3.11. The predicted octanol–water partition coefficient (Wildman–Crippen LogP) is 2.54. The summed E-state index contributed by atoms with van der Waals surface area (Å²) in [6.45, 7) is 7.80. The zero-order chi connectivity index (χ0) is 18.6. The first kappa shape index (κ1) is 19.9. The van der Waals surface area contributed by atoms with E-state index < -0.39 is 0 Å². The van der Waals surface area contributed by atoms with Gasteiger partial charge in [-0.1, -0.05) is 0 Å². The molecule has 1 aromatic heterocycles. The van der Waals surface area contributed by atoms with Gasteiger partial charge in [0.2, 0.25) is 0 Å². The molecule has 0 unspecified atom stereocenters. The molecule has 0 saturated carbocycles. The van der Waals surface area contributed by atoms with E-state index in [4.69, 9.17) is 4.74 Å². The van der Waals surface area contributed by atoms with Crippen molar-refractivity contribution in [3.8, 4) is 5.69 Å². The predicted molar refractivity (Wildman–Crippen MR) is 102 cm³/mol. The molecule has 0 bridgehead atoms. The minimum atomic E-state index is -0.248. The maximum atomic E-state index is 13.0. The second-order valence-corrected chi connectivity index (χ2v) is 5.72. The molecule has 7 heteroatoms. The van der Waals surface area contributed by atoms with Crippen molar-refractivity contribution >= 4 is 5.96 Å². The van der Waals surface area contributed by atoms with Gasteiger partial charge < -0.3 is 15.4 Å².